The van der Waals surface area contributed by atoms with Gasteiger partial charge in [-0.05, 0) is 12.5 Å². The highest BCUT2D eigenvalue weighted by Crippen LogP contribution is 2.15. The molecule has 3 heteroatoms. The van der Waals surface area contributed by atoms with Crippen LogP contribution in [0.15, 0.2) is 11.4 Å². The van der Waals surface area contributed by atoms with E-state index in [0.717, 1.165) is 12.2 Å². The van der Waals surface area contributed by atoms with Gasteiger partial charge in [-0.3, -0.25) is 0 Å². The normalized spacial score (nSPS) is 10.0. The van der Waals surface area contributed by atoms with Gasteiger partial charge in [0, 0.05) is 22.4 Å². The molecule has 0 aliphatic carbocycles. The van der Waals surface area contributed by atoms with Crippen molar-refractivity contribution >= 4 is 11.3 Å². The molecule has 1 rings (SSSR count). The average Bonchev–Trinajstić information content (AvgIpc) is 2.79. The van der Waals surface area contributed by atoms with Crippen LogP contribution in [0.5, 0.6) is 0 Å². The van der Waals surface area contributed by atoms with Crippen LogP contribution in [0.1, 0.15) is 43.0 Å². The predicted molar refractivity (Wildman–Crippen MR) is 74.0 cm³/mol. The Morgan fingerprint density at radius 1 is 1.35 bits per heavy atom. The van der Waals surface area contributed by atoms with Gasteiger partial charge < -0.3 is 10.5 Å². The molecule has 17 heavy (non-hydrogen) atoms. The number of rotatable bonds is 7. The summed E-state index contributed by atoms with van der Waals surface area (Å²) in [5.41, 5.74) is 6.37. The fourth-order valence-corrected chi connectivity index (χ4v) is 2.23. The lowest BCUT2D eigenvalue weighted by Gasteiger charge is -2.01. The molecule has 0 saturated carbocycles. The molecule has 0 aliphatic heterocycles. The zero-order valence-corrected chi connectivity index (χ0v) is 11.3. The number of hydrogen-bond donors (Lipinski definition) is 1. The van der Waals surface area contributed by atoms with Gasteiger partial charge >= 0.3 is 0 Å². The van der Waals surface area contributed by atoms with Gasteiger partial charge in [0.1, 0.15) is 0 Å². The predicted octanol–water partition coefficient (Wildman–Crippen LogP) is 3.16. The Morgan fingerprint density at radius 2 is 2.24 bits per heavy atom. The van der Waals surface area contributed by atoms with Gasteiger partial charge in [0.25, 0.3) is 0 Å². The van der Waals surface area contributed by atoms with Crippen molar-refractivity contribution in [1.29, 1.82) is 0 Å². The van der Waals surface area contributed by atoms with E-state index in [-0.39, 0.29) is 0 Å². The average molecular weight is 251 g/mol. The number of ether oxygens (including phenoxy) is 1. The summed E-state index contributed by atoms with van der Waals surface area (Å²) < 4.78 is 5.62. The molecule has 0 radical (unpaired) electrons. The van der Waals surface area contributed by atoms with Crippen molar-refractivity contribution in [3.8, 4) is 11.8 Å². The molecule has 0 fully saturated rings. The van der Waals surface area contributed by atoms with Gasteiger partial charge in [-0.1, -0.05) is 38.0 Å². The van der Waals surface area contributed by atoms with Crippen LogP contribution < -0.4 is 5.73 Å². The van der Waals surface area contributed by atoms with E-state index in [2.05, 4.69) is 30.2 Å². The Hall–Kier alpha value is -0.820. The highest BCUT2D eigenvalue weighted by Gasteiger charge is 1.98. The summed E-state index contributed by atoms with van der Waals surface area (Å²) in [6, 6.07) is 2.08. The van der Waals surface area contributed by atoms with Gasteiger partial charge in [0.2, 0.25) is 0 Å². The smallest absolute Gasteiger partial charge is 0.0809 e. The van der Waals surface area contributed by atoms with Crippen LogP contribution in [-0.4, -0.2) is 13.2 Å². The number of thiophene rings is 1. The van der Waals surface area contributed by atoms with Gasteiger partial charge in [0.05, 0.1) is 13.2 Å². The molecular formula is C14H21NOS. The van der Waals surface area contributed by atoms with Crippen molar-refractivity contribution in [2.75, 3.05) is 13.2 Å². The maximum absolute atomic E-state index is 5.62. The first-order chi connectivity index (χ1) is 8.36. The molecule has 0 amide bonds. The van der Waals surface area contributed by atoms with Crippen molar-refractivity contribution < 1.29 is 4.74 Å². The first-order valence-electron chi connectivity index (χ1n) is 6.21. The third-order valence-electron chi connectivity index (χ3n) is 2.38. The van der Waals surface area contributed by atoms with E-state index in [0.29, 0.717) is 13.2 Å². The monoisotopic (exact) mass is 251 g/mol. The lowest BCUT2D eigenvalue weighted by Crippen LogP contribution is -1.94. The van der Waals surface area contributed by atoms with Crippen molar-refractivity contribution in [2.45, 2.75) is 39.2 Å². The molecule has 2 N–H and O–H groups in total. The third kappa shape index (κ3) is 6.48. The van der Waals surface area contributed by atoms with Crippen LogP contribution in [0.3, 0.4) is 0 Å². The topological polar surface area (TPSA) is 35.2 Å². The fourth-order valence-electron chi connectivity index (χ4n) is 1.48. The highest BCUT2D eigenvalue weighted by atomic mass is 32.1. The second-order valence-electron chi connectivity index (χ2n) is 3.92. The quantitative estimate of drug-likeness (QED) is 0.597. The van der Waals surface area contributed by atoms with Crippen LogP contribution in [0.4, 0.5) is 0 Å². The van der Waals surface area contributed by atoms with Crippen LogP contribution >= 0.6 is 11.3 Å². The summed E-state index contributed by atoms with van der Waals surface area (Å²) in [5, 5.41) is 2.05. The Bertz CT molecular complexity index is 362. The number of hydrogen-bond acceptors (Lipinski definition) is 3. The Balaban J connectivity index is 2.16. The fraction of sp³-hybridized carbons (Fsp3) is 0.571. The van der Waals surface area contributed by atoms with Gasteiger partial charge in [0.15, 0.2) is 0 Å². The molecule has 1 aromatic heterocycles. The highest BCUT2D eigenvalue weighted by molar-refractivity contribution is 7.10. The maximum Gasteiger partial charge on any atom is 0.0809 e. The summed E-state index contributed by atoms with van der Waals surface area (Å²) >= 11 is 1.70. The second-order valence-corrected chi connectivity index (χ2v) is 4.92. The minimum Gasteiger partial charge on any atom is -0.376 e. The van der Waals surface area contributed by atoms with Crippen LogP contribution in [0.2, 0.25) is 0 Å². The first-order valence-corrected chi connectivity index (χ1v) is 7.09. The van der Waals surface area contributed by atoms with Crippen molar-refractivity contribution in [3.05, 3.63) is 21.9 Å². The van der Waals surface area contributed by atoms with E-state index < -0.39 is 0 Å². The molecular weight excluding hydrogens is 230 g/mol. The zero-order chi connectivity index (χ0) is 12.3. The van der Waals surface area contributed by atoms with E-state index in [1.54, 1.807) is 11.3 Å². The van der Waals surface area contributed by atoms with Crippen molar-refractivity contribution in [3.63, 3.8) is 0 Å². The van der Waals surface area contributed by atoms with E-state index in [9.17, 15) is 0 Å². The molecule has 1 heterocycles. The molecule has 0 aromatic carbocycles. The van der Waals surface area contributed by atoms with Crippen LogP contribution in [0.25, 0.3) is 0 Å². The molecule has 0 spiro atoms. The standard InChI is InChI=1S/C14H21NOS/c1-2-3-4-5-9-16-11-14-10-13(12-17-14)7-6-8-15/h10,12H,2-5,8-9,11,15H2,1H3. The summed E-state index contributed by atoms with van der Waals surface area (Å²) in [6.45, 7) is 4.21. The Labute approximate surface area is 108 Å². The lowest BCUT2D eigenvalue weighted by atomic mass is 10.2. The largest absolute Gasteiger partial charge is 0.376 e. The van der Waals surface area contributed by atoms with E-state index in [1.807, 2.05) is 0 Å². The Kier molecular flexibility index (Phi) is 7.74. The van der Waals surface area contributed by atoms with Crippen LogP contribution in [-0.2, 0) is 11.3 Å². The van der Waals surface area contributed by atoms with Crippen molar-refractivity contribution in [1.82, 2.24) is 0 Å². The molecule has 0 bridgehead atoms. The van der Waals surface area contributed by atoms with Crippen molar-refractivity contribution in [2.24, 2.45) is 5.73 Å². The van der Waals surface area contributed by atoms with E-state index in [4.69, 9.17) is 10.5 Å². The summed E-state index contributed by atoms with van der Waals surface area (Å²) in [6.07, 6.45) is 5.02. The molecule has 1 aromatic rings. The maximum atomic E-state index is 5.62. The summed E-state index contributed by atoms with van der Waals surface area (Å²) in [4.78, 5) is 1.24. The van der Waals surface area contributed by atoms with Gasteiger partial charge in [-0.2, -0.15) is 0 Å². The summed E-state index contributed by atoms with van der Waals surface area (Å²) in [5.74, 6) is 5.87. The molecule has 0 unspecified atom stereocenters. The first kappa shape index (κ1) is 14.2. The van der Waals surface area contributed by atoms with E-state index in [1.165, 1.54) is 30.6 Å². The third-order valence-corrected chi connectivity index (χ3v) is 3.29. The zero-order valence-electron chi connectivity index (χ0n) is 10.5. The molecule has 0 saturated heterocycles. The SMILES string of the molecule is CCCCCCOCc1cc(C#CCN)cs1. The second kappa shape index (κ2) is 9.23. The molecule has 2 nitrogen and oxygen atoms in total. The molecule has 0 aliphatic rings. The number of unbranched alkanes of at least 4 members (excludes halogenated alkanes) is 3. The molecule has 0 atom stereocenters. The van der Waals surface area contributed by atoms with Crippen LogP contribution in [0, 0.1) is 11.8 Å². The minimum absolute atomic E-state index is 0.416. The van der Waals surface area contributed by atoms with E-state index >= 15 is 0 Å². The minimum atomic E-state index is 0.416. The van der Waals surface area contributed by atoms with Gasteiger partial charge in [-0.25, -0.2) is 0 Å². The Morgan fingerprint density at radius 3 is 3.00 bits per heavy atom. The summed E-state index contributed by atoms with van der Waals surface area (Å²) in [7, 11) is 0. The molecule has 94 valence electrons. The number of nitrogens with two attached hydrogens (primary N) is 1. The van der Waals surface area contributed by atoms with Gasteiger partial charge in [-0.15, -0.1) is 11.3 Å². The lowest BCUT2D eigenvalue weighted by molar-refractivity contribution is 0.119.